The number of nitrogens with zero attached hydrogens (tertiary/aromatic N) is 2. The van der Waals surface area contributed by atoms with E-state index in [1.807, 2.05) is 19.9 Å². The van der Waals surface area contributed by atoms with E-state index in [2.05, 4.69) is 28.4 Å². The smallest absolute Gasteiger partial charge is 0.243 e. The monoisotopic (exact) mass is 471 g/mol. The summed E-state index contributed by atoms with van der Waals surface area (Å²) in [7, 11) is -3.45. The van der Waals surface area contributed by atoms with Crippen molar-refractivity contribution in [2.45, 2.75) is 63.9 Å². The number of likely N-dealkylation sites (tertiary alicyclic amines) is 1. The van der Waals surface area contributed by atoms with Crippen LogP contribution in [-0.2, 0) is 34.3 Å². The van der Waals surface area contributed by atoms with Gasteiger partial charge in [0.2, 0.25) is 15.9 Å². The van der Waals surface area contributed by atoms with E-state index in [9.17, 15) is 13.2 Å². The number of benzene rings is 2. The number of carbonyl (C=O) groups excluding carboxylic acids is 1. The van der Waals surface area contributed by atoms with E-state index in [-0.39, 0.29) is 5.91 Å². The molecule has 2 aromatic rings. The Morgan fingerprint density at radius 3 is 2.21 bits per heavy atom. The van der Waals surface area contributed by atoms with Gasteiger partial charge in [0.05, 0.1) is 4.90 Å². The minimum atomic E-state index is -3.45. The molecule has 1 heterocycles. The molecule has 0 aromatic heterocycles. The molecule has 33 heavy (non-hydrogen) atoms. The Balaban J connectivity index is 1.50. The highest BCUT2D eigenvalue weighted by Crippen LogP contribution is 2.18. The molecule has 1 N–H and O–H groups in total. The number of nitrogens with one attached hydrogen (secondary N) is 1. The average Bonchev–Trinajstić information content (AvgIpc) is 2.83. The Morgan fingerprint density at radius 1 is 0.939 bits per heavy atom. The van der Waals surface area contributed by atoms with Gasteiger partial charge in [0.15, 0.2) is 0 Å². The van der Waals surface area contributed by atoms with Crippen LogP contribution in [0.4, 0.5) is 0 Å². The zero-order valence-corrected chi connectivity index (χ0v) is 20.7. The highest BCUT2D eigenvalue weighted by molar-refractivity contribution is 7.89. The lowest BCUT2D eigenvalue weighted by atomic mass is 10.0. The molecule has 0 atom stereocenters. The van der Waals surface area contributed by atoms with Crippen molar-refractivity contribution in [2.24, 2.45) is 0 Å². The van der Waals surface area contributed by atoms with Gasteiger partial charge in [0, 0.05) is 32.6 Å². The molecule has 1 amide bonds. The molecule has 1 aliphatic heterocycles. The number of sulfonamides is 1. The van der Waals surface area contributed by atoms with Crippen LogP contribution in [0.3, 0.4) is 0 Å². The van der Waals surface area contributed by atoms with Gasteiger partial charge in [0.25, 0.3) is 0 Å². The lowest BCUT2D eigenvalue weighted by Crippen LogP contribution is -2.30. The third-order valence-corrected chi connectivity index (χ3v) is 8.41. The van der Waals surface area contributed by atoms with Crippen molar-refractivity contribution in [3.05, 3.63) is 65.2 Å². The van der Waals surface area contributed by atoms with E-state index >= 15 is 0 Å². The summed E-state index contributed by atoms with van der Waals surface area (Å²) in [5.41, 5.74) is 3.40. The van der Waals surface area contributed by atoms with Gasteiger partial charge in [-0.3, -0.25) is 9.69 Å². The van der Waals surface area contributed by atoms with Gasteiger partial charge >= 0.3 is 0 Å². The zero-order chi connectivity index (χ0) is 23.7. The molecule has 0 saturated carbocycles. The first-order valence-electron chi connectivity index (χ1n) is 12.1. The molecule has 180 valence electrons. The van der Waals surface area contributed by atoms with E-state index in [4.69, 9.17) is 0 Å². The summed E-state index contributed by atoms with van der Waals surface area (Å²) in [6, 6.07) is 15.2. The average molecular weight is 472 g/mol. The Bertz CT molecular complexity index is 996. The fourth-order valence-electron chi connectivity index (χ4n) is 4.32. The molecule has 1 fully saturated rings. The minimum Gasteiger partial charge on any atom is -0.352 e. The van der Waals surface area contributed by atoms with Gasteiger partial charge in [-0.1, -0.05) is 56.7 Å². The number of hydrogen-bond acceptors (Lipinski definition) is 4. The Hall–Kier alpha value is -2.22. The standard InChI is InChI=1S/C26H37N3O3S/c1-3-29(4-2)33(31,32)25-15-12-22(13-16-25)14-17-26(30)27-20-23-10-6-7-11-24(23)21-28-18-8-5-9-19-28/h6-7,10-13,15-16H,3-5,8-9,14,17-21H2,1-2H3,(H,27,30). The van der Waals surface area contributed by atoms with Gasteiger partial charge in [-0.25, -0.2) is 8.42 Å². The van der Waals surface area contributed by atoms with Crippen molar-refractivity contribution in [3.8, 4) is 0 Å². The second-order valence-corrected chi connectivity index (χ2v) is 10.6. The third kappa shape index (κ3) is 7.13. The number of aryl methyl sites for hydroxylation is 1. The third-order valence-electron chi connectivity index (χ3n) is 6.34. The maximum atomic E-state index is 12.6. The number of hydrogen-bond donors (Lipinski definition) is 1. The lowest BCUT2D eigenvalue weighted by molar-refractivity contribution is -0.121. The molecule has 7 heteroatoms. The highest BCUT2D eigenvalue weighted by Gasteiger charge is 2.21. The van der Waals surface area contributed by atoms with Crippen LogP contribution in [0.5, 0.6) is 0 Å². The van der Waals surface area contributed by atoms with Crippen LogP contribution in [-0.4, -0.2) is 49.7 Å². The van der Waals surface area contributed by atoms with Crippen LogP contribution in [0.2, 0.25) is 0 Å². The molecule has 0 spiro atoms. The highest BCUT2D eigenvalue weighted by atomic mass is 32.2. The minimum absolute atomic E-state index is 0.00242. The van der Waals surface area contributed by atoms with Crippen LogP contribution in [0.25, 0.3) is 0 Å². The van der Waals surface area contributed by atoms with Gasteiger partial charge in [-0.15, -0.1) is 0 Å². The van der Waals surface area contributed by atoms with Crippen molar-refractivity contribution in [3.63, 3.8) is 0 Å². The quantitative estimate of drug-likeness (QED) is 0.539. The van der Waals surface area contributed by atoms with Crippen molar-refractivity contribution in [1.82, 2.24) is 14.5 Å². The molecular weight excluding hydrogens is 434 g/mol. The Kier molecular flexibility index (Phi) is 9.47. The molecule has 0 unspecified atom stereocenters. The fraction of sp³-hybridized carbons (Fsp3) is 0.500. The summed E-state index contributed by atoms with van der Waals surface area (Å²) in [5.74, 6) is 0.00242. The number of amides is 1. The SMILES string of the molecule is CCN(CC)S(=O)(=O)c1ccc(CCC(=O)NCc2ccccc2CN2CCCCC2)cc1. The summed E-state index contributed by atoms with van der Waals surface area (Å²) in [5, 5.41) is 3.05. The number of piperidine rings is 1. The largest absolute Gasteiger partial charge is 0.352 e. The van der Waals surface area contributed by atoms with E-state index < -0.39 is 10.0 Å². The first-order valence-corrected chi connectivity index (χ1v) is 13.5. The fourth-order valence-corrected chi connectivity index (χ4v) is 5.78. The predicted octanol–water partition coefficient (Wildman–Crippen LogP) is 3.95. The van der Waals surface area contributed by atoms with Gasteiger partial charge in [-0.05, 0) is 61.2 Å². The van der Waals surface area contributed by atoms with Crippen LogP contribution in [0, 0.1) is 0 Å². The van der Waals surface area contributed by atoms with E-state index in [0.29, 0.717) is 37.4 Å². The maximum Gasteiger partial charge on any atom is 0.243 e. The Morgan fingerprint density at radius 2 is 1.58 bits per heavy atom. The van der Waals surface area contributed by atoms with Crippen LogP contribution >= 0.6 is 0 Å². The normalized spacial score (nSPS) is 15.0. The van der Waals surface area contributed by atoms with Gasteiger partial charge in [-0.2, -0.15) is 4.31 Å². The van der Waals surface area contributed by atoms with E-state index in [1.165, 1.54) is 34.7 Å². The first-order chi connectivity index (χ1) is 15.9. The molecular formula is C26H37N3O3S. The maximum absolute atomic E-state index is 12.6. The molecule has 1 saturated heterocycles. The lowest BCUT2D eigenvalue weighted by Gasteiger charge is -2.27. The summed E-state index contributed by atoms with van der Waals surface area (Å²) < 4.78 is 26.7. The number of rotatable bonds is 11. The van der Waals surface area contributed by atoms with Crippen LogP contribution < -0.4 is 5.32 Å². The number of carbonyl (C=O) groups is 1. The van der Waals surface area contributed by atoms with Crippen molar-refractivity contribution in [2.75, 3.05) is 26.2 Å². The van der Waals surface area contributed by atoms with Crippen molar-refractivity contribution in [1.29, 1.82) is 0 Å². The molecule has 0 aliphatic carbocycles. The van der Waals surface area contributed by atoms with Crippen LogP contribution in [0.1, 0.15) is 56.2 Å². The summed E-state index contributed by atoms with van der Waals surface area (Å²) in [6.07, 6.45) is 4.80. The topological polar surface area (TPSA) is 69.7 Å². The second-order valence-electron chi connectivity index (χ2n) is 8.62. The molecule has 0 bridgehead atoms. The van der Waals surface area contributed by atoms with Crippen LogP contribution in [0.15, 0.2) is 53.4 Å². The molecule has 3 rings (SSSR count). The first kappa shape index (κ1) is 25.4. The molecule has 0 radical (unpaired) electrons. The summed E-state index contributed by atoms with van der Waals surface area (Å²) in [6.45, 7) is 8.33. The van der Waals surface area contributed by atoms with Gasteiger partial charge in [0.1, 0.15) is 0 Å². The molecule has 1 aliphatic rings. The zero-order valence-electron chi connectivity index (χ0n) is 19.9. The second kappa shape index (κ2) is 12.3. The van der Waals surface area contributed by atoms with Crippen molar-refractivity contribution < 1.29 is 13.2 Å². The van der Waals surface area contributed by atoms with Gasteiger partial charge < -0.3 is 5.32 Å². The summed E-state index contributed by atoms with van der Waals surface area (Å²) >= 11 is 0. The predicted molar refractivity (Wildman–Crippen MR) is 132 cm³/mol. The molecule has 2 aromatic carbocycles. The van der Waals surface area contributed by atoms with Crippen molar-refractivity contribution >= 4 is 15.9 Å². The summed E-state index contributed by atoms with van der Waals surface area (Å²) in [4.78, 5) is 15.3. The Labute approximate surface area is 199 Å². The van der Waals surface area contributed by atoms with E-state index in [0.717, 1.165) is 25.2 Å². The van der Waals surface area contributed by atoms with E-state index in [1.54, 1.807) is 24.3 Å². The molecule has 6 nitrogen and oxygen atoms in total.